The fraction of sp³-hybridized carbons (Fsp3) is 0.348. The van der Waals surface area contributed by atoms with Gasteiger partial charge in [0.1, 0.15) is 17.7 Å². The number of carbonyl (C=O) groups excluding carboxylic acids is 2. The Kier molecular flexibility index (Phi) is 6.74. The Morgan fingerprint density at radius 1 is 1.30 bits per heavy atom. The maximum absolute atomic E-state index is 14.9. The van der Waals surface area contributed by atoms with E-state index in [1.54, 1.807) is 30.5 Å². The molecular formula is C23H26FN5O4. The summed E-state index contributed by atoms with van der Waals surface area (Å²) in [6, 6.07) is 9.33. The third kappa shape index (κ3) is 5.40. The average Bonchev–Trinajstić information content (AvgIpc) is 3.18. The number of halogens is 1. The maximum atomic E-state index is 14.9. The molecule has 4 rings (SSSR count). The normalized spacial score (nSPS) is 18.6. The number of aromatic hydroxyl groups is 1. The van der Waals surface area contributed by atoms with Crippen LogP contribution in [0.3, 0.4) is 0 Å². The number of cyclic esters (lactones) is 1. The molecule has 2 saturated heterocycles. The summed E-state index contributed by atoms with van der Waals surface area (Å²) in [6.07, 6.45) is 0.500. The second kappa shape index (κ2) is 9.86. The predicted molar refractivity (Wildman–Crippen MR) is 122 cm³/mol. The Morgan fingerprint density at radius 3 is 2.79 bits per heavy atom. The highest BCUT2D eigenvalue weighted by atomic mass is 19.1. The minimum atomic E-state index is -0.594. The molecule has 3 N–H and O–H groups in total. The molecule has 174 valence electrons. The molecule has 2 aliphatic heterocycles. The van der Waals surface area contributed by atoms with E-state index in [9.17, 15) is 19.1 Å². The van der Waals surface area contributed by atoms with Crippen LogP contribution in [0, 0.1) is 5.82 Å². The van der Waals surface area contributed by atoms with Crippen LogP contribution in [0.1, 0.15) is 12.5 Å². The minimum Gasteiger partial charge on any atom is -0.507 e. The van der Waals surface area contributed by atoms with Crippen LogP contribution in [0.2, 0.25) is 0 Å². The average molecular weight is 455 g/mol. The topological polar surface area (TPSA) is 107 Å². The molecule has 0 saturated carbocycles. The molecule has 0 aromatic heterocycles. The number of rotatable bonds is 6. The molecule has 0 aliphatic carbocycles. The Hall–Kier alpha value is -3.66. The number of ether oxygens (including phenoxy) is 1. The van der Waals surface area contributed by atoms with Gasteiger partial charge in [-0.1, -0.05) is 6.07 Å². The summed E-state index contributed by atoms with van der Waals surface area (Å²) in [5.41, 5.74) is 1.69. The number of benzene rings is 2. The number of phenolic OH excluding ortho intramolecular Hbond substituents is 1. The van der Waals surface area contributed by atoms with Crippen molar-refractivity contribution in [1.29, 1.82) is 0 Å². The molecule has 0 radical (unpaired) electrons. The predicted octanol–water partition coefficient (Wildman–Crippen LogP) is 1.90. The van der Waals surface area contributed by atoms with Crippen LogP contribution < -0.4 is 15.5 Å². The van der Waals surface area contributed by atoms with Crippen LogP contribution in [-0.2, 0) is 9.53 Å². The molecule has 10 heteroatoms. The lowest BCUT2D eigenvalue weighted by Crippen LogP contribution is -2.40. The second-order valence-corrected chi connectivity index (χ2v) is 7.94. The Morgan fingerprint density at radius 2 is 2.09 bits per heavy atom. The zero-order valence-corrected chi connectivity index (χ0v) is 18.3. The minimum absolute atomic E-state index is 0.00112. The van der Waals surface area contributed by atoms with Crippen molar-refractivity contribution in [3.05, 3.63) is 47.8 Å². The summed E-state index contributed by atoms with van der Waals surface area (Å²) in [7, 11) is 0. The number of nitrogens with zero attached hydrogens (tertiary/aromatic N) is 3. The number of piperazine rings is 1. The van der Waals surface area contributed by atoms with Crippen molar-refractivity contribution < 1.29 is 23.8 Å². The number of hydrogen-bond donors (Lipinski definition) is 3. The quantitative estimate of drug-likeness (QED) is 0.575. The summed E-state index contributed by atoms with van der Waals surface area (Å²) < 4.78 is 20.2. The van der Waals surface area contributed by atoms with Crippen molar-refractivity contribution in [2.75, 3.05) is 44.2 Å². The van der Waals surface area contributed by atoms with Gasteiger partial charge in [0.25, 0.3) is 0 Å². The van der Waals surface area contributed by atoms with Crippen molar-refractivity contribution in [2.24, 2.45) is 5.10 Å². The van der Waals surface area contributed by atoms with Crippen molar-refractivity contribution in [3.63, 3.8) is 0 Å². The second-order valence-electron chi connectivity index (χ2n) is 7.94. The molecule has 2 heterocycles. The number of phenols is 1. The first kappa shape index (κ1) is 22.5. The van der Waals surface area contributed by atoms with Gasteiger partial charge in [-0.15, -0.1) is 0 Å². The Labute approximate surface area is 190 Å². The van der Waals surface area contributed by atoms with Gasteiger partial charge in [-0.25, -0.2) is 9.18 Å². The smallest absolute Gasteiger partial charge is 0.414 e. The first-order valence-corrected chi connectivity index (χ1v) is 10.8. The number of hydrogen-bond acceptors (Lipinski definition) is 7. The highest BCUT2D eigenvalue weighted by molar-refractivity contribution is 5.90. The van der Waals surface area contributed by atoms with Crippen molar-refractivity contribution in [2.45, 2.75) is 13.0 Å². The largest absolute Gasteiger partial charge is 0.507 e. The maximum Gasteiger partial charge on any atom is 0.414 e. The summed E-state index contributed by atoms with van der Waals surface area (Å²) in [4.78, 5) is 24.6. The third-order valence-electron chi connectivity index (χ3n) is 5.51. The van der Waals surface area contributed by atoms with E-state index in [4.69, 9.17) is 4.74 Å². The van der Waals surface area contributed by atoms with Gasteiger partial charge < -0.3 is 20.5 Å². The first-order valence-electron chi connectivity index (χ1n) is 10.8. The Bertz CT molecular complexity index is 1070. The van der Waals surface area contributed by atoms with Gasteiger partial charge in [0, 0.05) is 44.2 Å². The molecule has 2 amide bonds. The lowest BCUT2D eigenvalue weighted by molar-refractivity contribution is -0.119. The first-order chi connectivity index (χ1) is 15.9. The van der Waals surface area contributed by atoms with E-state index in [0.29, 0.717) is 22.4 Å². The molecule has 1 atom stereocenters. The molecule has 2 fully saturated rings. The molecule has 9 nitrogen and oxygen atoms in total. The van der Waals surface area contributed by atoms with Crippen LogP contribution in [0.25, 0.3) is 11.1 Å². The van der Waals surface area contributed by atoms with Gasteiger partial charge in [-0.2, -0.15) is 5.10 Å². The van der Waals surface area contributed by atoms with E-state index < -0.39 is 18.0 Å². The summed E-state index contributed by atoms with van der Waals surface area (Å²) in [6.45, 7) is 5.11. The number of carbonyl (C=O) groups is 2. The summed E-state index contributed by atoms with van der Waals surface area (Å²) in [5, 5.41) is 22.6. The van der Waals surface area contributed by atoms with Crippen LogP contribution >= 0.6 is 0 Å². The number of hydrazone groups is 1. The fourth-order valence-electron chi connectivity index (χ4n) is 3.73. The zero-order chi connectivity index (χ0) is 23.4. The number of anilines is 1. The van der Waals surface area contributed by atoms with E-state index in [2.05, 4.69) is 15.7 Å². The lowest BCUT2D eigenvalue weighted by atomic mass is 10.0. The highest BCUT2D eigenvalue weighted by Crippen LogP contribution is 2.31. The van der Waals surface area contributed by atoms with E-state index in [-0.39, 0.29) is 24.7 Å². The molecule has 0 unspecified atom stereocenters. The van der Waals surface area contributed by atoms with Crippen molar-refractivity contribution >= 4 is 23.9 Å². The van der Waals surface area contributed by atoms with E-state index in [0.717, 1.165) is 26.2 Å². The van der Waals surface area contributed by atoms with Crippen LogP contribution in [0.4, 0.5) is 14.9 Å². The Balaban J connectivity index is 1.46. The van der Waals surface area contributed by atoms with Crippen LogP contribution in [0.5, 0.6) is 5.75 Å². The van der Waals surface area contributed by atoms with Crippen molar-refractivity contribution in [1.82, 2.24) is 15.6 Å². The van der Waals surface area contributed by atoms with E-state index in [1.165, 1.54) is 24.0 Å². The monoisotopic (exact) mass is 455 g/mol. The van der Waals surface area contributed by atoms with Gasteiger partial charge in [-0.3, -0.25) is 14.7 Å². The molecule has 2 aromatic rings. The van der Waals surface area contributed by atoms with Crippen LogP contribution in [0.15, 0.2) is 41.5 Å². The van der Waals surface area contributed by atoms with Gasteiger partial charge in [0.05, 0.1) is 25.0 Å². The zero-order valence-electron chi connectivity index (χ0n) is 18.3. The highest BCUT2D eigenvalue weighted by Gasteiger charge is 2.32. The summed E-state index contributed by atoms with van der Waals surface area (Å²) in [5.74, 6) is -0.754. The standard InChI is InChI=1S/C23H26FN5O4/c1-15(30)26-13-19-14-29(23(32)33-19)18-4-5-20(21(24)11-18)16-2-3-17(22(31)10-16)12-27-28-8-6-25-7-9-28/h2-5,10-12,19,25,31H,6-9,13-14H2,1H3,(H,26,30)/b27-12+/t19-/m0/s1. The lowest BCUT2D eigenvalue weighted by Gasteiger charge is -2.24. The SMILES string of the molecule is CC(=O)NC[C@H]1CN(c2ccc(-c3ccc(/C=N/N4CCNCC4)c(O)c3)c(F)c2)C(=O)O1. The van der Waals surface area contributed by atoms with Gasteiger partial charge in [0.15, 0.2) is 0 Å². The molecule has 2 aromatic carbocycles. The molecule has 33 heavy (non-hydrogen) atoms. The molecular weight excluding hydrogens is 429 g/mol. The van der Waals surface area contributed by atoms with Gasteiger partial charge >= 0.3 is 6.09 Å². The van der Waals surface area contributed by atoms with E-state index in [1.807, 2.05) is 5.01 Å². The van der Waals surface area contributed by atoms with Gasteiger partial charge in [0.2, 0.25) is 5.91 Å². The van der Waals surface area contributed by atoms with Crippen molar-refractivity contribution in [3.8, 4) is 16.9 Å². The van der Waals surface area contributed by atoms with Gasteiger partial charge in [-0.05, 0) is 35.9 Å². The molecule has 0 bridgehead atoms. The molecule has 0 spiro atoms. The molecule has 2 aliphatic rings. The van der Waals surface area contributed by atoms with E-state index >= 15 is 0 Å². The third-order valence-corrected chi connectivity index (χ3v) is 5.51. The summed E-state index contributed by atoms with van der Waals surface area (Å²) >= 11 is 0. The number of nitrogens with one attached hydrogen (secondary N) is 2. The fourth-order valence-corrected chi connectivity index (χ4v) is 3.73. The number of amides is 2. The van der Waals surface area contributed by atoms with Crippen LogP contribution in [-0.4, -0.2) is 73.7 Å².